The van der Waals surface area contributed by atoms with Gasteiger partial charge in [-0.2, -0.15) is 0 Å². The summed E-state index contributed by atoms with van der Waals surface area (Å²) >= 11 is 3.81. The van der Waals surface area contributed by atoms with E-state index in [1.165, 1.54) is 207 Å². The Hall–Kier alpha value is -16.3. The maximum Gasteiger partial charge on any atom is 0.0725 e. The van der Waals surface area contributed by atoms with Crippen molar-refractivity contribution >= 4 is 97.1 Å². The van der Waals surface area contributed by atoms with Gasteiger partial charge < -0.3 is 9.80 Å². The number of anilines is 6. The van der Waals surface area contributed by atoms with Crippen molar-refractivity contribution in [1.82, 2.24) is 0 Å². The Morgan fingerprint density at radius 1 is 0.136 bits per heavy atom. The first-order chi connectivity index (χ1) is 65.4. The molecular weight excluding hydrogens is 1630 g/mol. The molecule has 23 aromatic rings. The number of hydrogen-bond donors (Lipinski definition) is 0. The number of thiophene rings is 2. The summed E-state index contributed by atoms with van der Waals surface area (Å²) in [5.41, 5.74) is 44.4. The molecule has 0 unspecified atom stereocenters. The van der Waals surface area contributed by atoms with Crippen molar-refractivity contribution in [2.45, 2.75) is 10.8 Å². The van der Waals surface area contributed by atoms with Crippen LogP contribution < -0.4 is 9.80 Å². The third kappa shape index (κ3) is 12.2. The van der Waals surface area contributed by atoms with E-state index in [1.54, 1.807) is 0 Å². The molecule has 0 saturated carbocycles. The SMILES string of the molecule is c1ccc(-c2ccc(N(c3ccc(-c4ccccc4)cc3)c3ccc(-c4cc(-c5ccc6c(c5)C5(c7ccccc7-c7ccccc75)c5ccccc5-6)c5sc6ccccc6c5c4)cc3)cc2)cc1.c1ccc(-c2ccc(N(c3ccccc3)c3ccc(-c4cc(-c5ccc6c(c5)C5(c7ccccc7-c7ccccc75)c5ccccc5-6)c5sc6ccccc6c5c4)cc3)cc2)cc1. The Balaban J connectivity index is 0.000000139. The molecule has 4 heteroatoms. The van der Waals surface area contributed by atoms with Crippen LogP contribution in [0.25, 0.3) is 163 Å². The molecule has 2 spiro atoms. The predicted octanol–water partition coefficient (Wildman–Crippen LogP) is 35.4. The number of fused-ring (bicyclic) bond motifs is 26. The van der Waals surface area contributed by atoms with E-state index in [9.17, 15) is 0 Å². The molecule has 27 rings (SSSR count). The van der Waals surface area contributed by atoms with Gasteiger partial charge in [-0.05, 0) is 277 Å². The highest BCUT2D eigenvalue weighted by Crippen LogP contribution is 2.66. The van der Waals surface area contributed by atoms with E-state index < -0.39 is 10.8 Å². The lowest BCUT2D eigenvalue weighted by atomic mass is 9.70. The highest BCUT2D eigenvalue weighted by Gasteiger charge is 2.53. The van der Waals surface area contributed by atoms with Crippen molar-refractivity contribution in [3.8, 4) is 122 Å². The van der Waals surface area contributed by atoms with Crippen molar-refractivity contribution in [1.29, 1.82) is 0 Å². The molecule has 21 aromatic carbocycles. The highest BCUT2D eigenvalue weighted by molar-refractivity contribution is 7.26. The van der Waals surface area contributed by atoms with Crippen molar-refractivity contribution in [2.75, 3.05) is 9.80 Å². The zero-order valence-electron chi connectivity index (χ0n) is 72.1. The minimum absolute atomic E-state index is 0.395. The summed E-state index contributed by atoms with van der Waals surface area (Å²) in [6.45, 7) is 0. The van der Waals surface area contributed by atoms with Gasteiger partial charge in [0.2, 0.25) is 0 Å². The zero-order chi connectivity index (χ0) is 87.0. The first kappa shape index (κ1) is 76.9. The number of hydrogen-bond acceptors (Lipinski definition) is 4. The van der Waals surface area contributed by atoms with E-state index in [-0.39, 0.29) is 0 Å². The molecular formula is C128H82N2S2. The van der Waals surface area contributed by atoms with Gasteiger partial charge in [0.15, 0.2) is 0 Å². The Morgan fingerprint density at radius 3 is 0.652 bits per heavy atom. The summed E-state index contributed by atoms with van der Waals surface area (Å²) in [5.74, 6) is 0. The Morgan fingerprint density at radius 2 is 0.356 bits per heavy atom. The van der Waals surface area contributed by atoms with Crippen molar-refractivity contribution in [3.05, 3.63) is 542 Å². The molecule has 0 saturated heterocycles. The average Bonchev–Trinajstić information content (AvgIpc) is 1.51. The minimum Gasteiger partial charge on any atom is -0.311 e. The van der Waals surface area contributed by atoms with Gasteiger partial charge in [0.05, 0.1) is 10.8 Å². The van der Waals surface area contributed by atoms with Gasteiger partial charge in [0.1, 0.15) is 0 Å². The molecule has 0 amide bonds. The molecule has 0 atom stereocenters. The van der Waals surface area contributed by atoms with Gasteiger partial charge in [0, 0.05) is 85.6 Å². The summed E-state index contributed by atoms with van der Waals surface area (Å²) in [4.78, 5) is 4.71. The smallest absolute Gasteiger partial charge is 0.0725 e. The van der Waals surface area contributed by atoms with Gasteiger partial charge in [0.25, 0.3) is 0 Å². The van der Waals surface area contributed by atoms with Crippen molar-refractivity contribution in [2.24, 2.45) is 0 Å². The van der Waals surface area contributed by atoms with Gasteiger partial charge in [-0.15, -0.1) is 22.7 Å². The lowest BCUT2D eigenvalue weighted by Crippen LogP contribution is -2.25. The third-order valence-corrected chi connectivity index (χ3v) is 30.6. The summed E-state index contributed by atoms with van der Waals surface area (Å²) in [6, 6.07) is 184. The fourth-order valence-corrected chi connectivity index (χ4v) is 24.8. The Bertz CT molecular complexity index is 8260. The van der Waals surface area contributed by atoms with E-state index in [2.05, 4.69) is 507 Å². The van der Waals surface area contributed by atoms with Crippen LogP contribution in [0.5, 0.6) is 0 Å². The fraction of sp³-hybridized carbons (Fsp3) is 0.0156. The highest BCUT2D eigenvalue weighted by atomic mass is 32.1. The second-order valence-electron chi connectivity index (χ2n) is 35.1. The molecule has 2 aromatic heterocycles. The third-order valence-electron chi connectivity index (χ3n) is 28.2. The predicted molar refractivity (Wildman–Crippen MR) is 559 cm³/mol. The van der Waals surface area contributed by atoms with Crippen LogP contribution in [0.2, 0.25) is 0 Å². The molecule has 0 N–H and O–H groups in total. The van der Waals surface area contributed by atoms with Crippen LogP contribution >= 0.6 is 22.7 Å². The van der Waals surface area contributed by atoms with E-state index in [0.717, 1.165) is 34.1 Å². The molecule has 132 heavy (non-hydrogen) atoms. The van der Waals surface area contributed by atoms with Gasteiger partial charge in [-0.3, -0.25) is 0 Å². The molecule has 0 bridgehead atoms. The van der Waals surface area contributed by atoms with E-state index >= 15 is 0 Å². The maximum atomic E-state index is 2.53. The summed E-state index contributed by atoms with van der Waals surface area (Å²) in [7, 11) is 0. The van der Waals surface area contributed by atoms with Gasteiger partial charge >= 0.3 is 0 Å². The summed E-state index contributed by atoms with van der Waals surface area (Å²) in [5, 5.41) is 5.19. The second kappa shape index (κ2) is 31.3. The monoisotopic (exact) mass is 1710 g/mol. The van der Waals surface area contributed by atoms with E-state index in [1.807, 2.05) is 22.7 Å². The van der Waals surface area contributed by atoms with Crippen molar-refractivity contribution < 1.29 is 0 Å². The number of para-hydroxylation sites is 1. The number of nitrogens with zero attached hydrogens (tertiary/aromatic N) is 2. The van der Waals surface area contributed by atoms with Crippen LogP contribution in [-0.4, -0.2) is 0 Å². The molecule has 2 nitrogen and oxygen atoms in total. The Kier molecular flexibility index (Phi) is 18.2. The van der Waals surface area contributed by atoms with Crippen LogP contribution in [0.15, 0.2) is 497 Å². The van der Waals surface area contributed by atoms with Gasteiger partial charge in [-0.1, -0.05) is 376 Å². The lowest BCUT2D eigenvalue weighted by Gasteiger charge is -2.30. The molecule has 0 fully saturated rings. The van der Waals surface area contributed by atoms with Crippen molar-refractivity contribution in [3.63, 3.8) is 0 Å². The number of rotatable bonds is 13. The summed E-state index contributed by atoms with van der Waals surface area (Å²) in [6.07, 6.45) is 0. The van der Waals surface area contributed by atoms with Crippen LogP contribution in [0.1, 0.15) is 44.5 Å². The van der Waals surface area contributed by atoms with Crippen LogP contribution in [0, 0.1) is 0 Å². The minimum atomic E-state index is -0.405. The Labute approximate surface area is 776 Å². The molecule has 0 aliphatic heterocycles. The zero-order valence-corrected chi connectivity index (χ0v) is 73.7. The normalized spacial score (nSPS) is 12.8. The lowest BCUT2D eigenvalue weighted by molar-refractivity contribution is 0.794. The standard InChI is InChI=1S/C67H43NS.C61H39NS/c1-3-15-44(16-4-1)46-27-34-51(35-28-46)68(52-36-29-47(30-37-52)45-17-5-2-6-18-45)53-38-31-48(32-39-53)50-41-59(66-60(42-50)58-22-10-14-26-65(58)69-66)49-33-40-57-56-21-9-13-25-63(56)67(64(57)43-49)61-23-11-7-19-54(61)55-20-8-12-24-62(55)67;1-3-15-40(16-4-1)41-27-32-46(33-28-41)62(45-17-5-2-6-18-45)47-34-29-42(30-35-47)44-37-53(60-54(38-44)52-22-10-14-26-59(52)63-60)43-31-36-51-50-21-9-13-25-57(50)61(58(51)39-43)55-23-11-7-19-48(55)49-20-8-12-24-56(49)61/h1-43H;1-39H. The summed E-state index contributed by atoms with van der Waals surface area (Å²) < 4.78 is 5.25. The fourth-order valence-electron chi connectivity index (χ4n) is 22.3. The van der Waals surface area contributed by atoms with E-state index in [4.69, 9.17) is 0 Å². The molecule has 0 radical (unpaired) electrons. The average molecular weight is 1710 g/mol. The quantitative estimate of drug-likeness (QED) is 0.114. The first-order valence-electron chi connectivity index (χ1n) is 45.6. The maximum absolute atomic E-state index is 2.53. The largest absolute Gasteiger partial charge is 0.311 e. The van der Waals surface area contributed by atoms with Gasteiger partial charge in [-0.25, -0.2) is 0 Å². The second-order valence-corrected chi connectivity index (χ2v) is 37.2. The molecule has 4 aliphatic rings. The van der Waals surface area contributed by atoms with E-state index in [0.29, 0.717) is 0 Å². The topological polar surface area (TPSA) is 6.48 Å². The molecule has 616 valence electrons. The van der Waals surface area contributed by atoms with Crippen LogP contribution in [0.3, 0.4) is 0 Å². The molecule has 4 aliphatic carbocycles. The van der Waals surface area contributed by atoms with Crippen LogP contribution in [-0.2, 0) is 10.8 Å². The van der Waals surface area contributed by atoms with Crippen LogP contribution in [0.4, 0.5) is 34.1 Å². The first-order valence-corrected chi connectivity index (χ1v) is 47.2. The number of benzene rings is 21. The molecule has 2 heterocycles.